The van der Waals surface area contributed by atoms with Crippen LogP contribution in [0.3, 0.4) is 0 Å². The van der Waals surface area contributed by atoms with Gasteiger partial charge in [-0.1, -0.05) is 6.42 Å². The van der Waals surface area contributed by atoms with Crippen LogP contribution in [0.15, 0.2) is 0 Å². The van der Waals surface area contributed by atoms with E-state index in [1.165, 1.54) is 6.42 Å². The summed E-state index contributed by atoms with van der Waals surface area (Å²) in [6, 6.07) is 0.700. The third-order valence-corrected chi connectivity index (χ3v) is 4.11. The number of nitrogen functional groups attached to an aromatic ring is 1. The lowest BCUT2D eigenvalue weighted by molar-refractivity contribution is 0.0363. The van der Waals surface area contributed by atoms with Gasteiger partial charge in [0.25, 0.3) is 5.91 Å². The van der Waals surface area contributed by atoms with Gasteiger partial charge in [0.2, 0.25) is 0 Å². The van der Waals surface area contributed by atoms with Crippen LogP contribution in [0.1, 0.15) is 56.2 Å². The number of anilines is 1. The Morgan fingerprint density at radius 2 is 2.00 bits per heavy atom. The third-order valence-electron chi connectivity index (χ3n) is 4.11. The number of rotatable bonds is 3. The van der Waals surface area contributed by atoms with E-state index in [9.17, 15) is 4.79 Å². The van der Waals surface area contributed by atoms with Gasteiger partial charge in [-0.3, -0.25) is 14.9 Å². The largest absolute Gasteiger partial charge is 0.395 e. The van der Waals surface area contributed by atoms with Gasteiger partial charge in [0, 0.05) is 18.6 Å². The van der Waals surface area contributed by atoms with Crippen molar-refractivity contribution in [2.75, 3.05) is 5.73 Å². The molecule has 2 unspecified atom stereocenters. The summed E-state index contributed by atoms with van der Waals surface area (Å²) in [5, 5.41) is 6.34. The van der Waals surface area contributed by atoms with Crippen LogP contribution in [0.2, 0.25) is 0 Å². The molecule has 112 valence electrons. The molecule has 1 fully saturated rings. The van der Waals surface area contributed by atoms with E-state index < -0.39 is 0 Å². The Balaban J connectivity index is 2.19. The highest BCUT2D eigenvalue weighted by molar-refractivity contribution is 5.97. The molecule has 2 rings (SSSR count). The first-order valence-corrected chi connectivity index (χ1v) is 7.37. The molecule has 1 aliphatic heterocycles. The molecule has 0 aliphatic carbocycles. The number of amides is 1. The van der Waals surface area contributed by atoms with Crippen LogP contribution in [-0.2, 0) is 6.54 Å². The summed E-state index contributed by atoms with van der Waals surface area (Å²) in [4.78, 5) is 12.5. The van der Waals surface area contributed by atoms with E-state index in [1.807, 2.05) is 18.9 Å². The van der Waals surface area contributed by atoms with Gasteiger partial charge in [-0.15, -0.1) is 0 Å². The number of aryl methyl sites for hydroxylation is 2. The Hall–Kier alpha value is -1.56. The molecule has 6 heteroatoms. The molecular formula is C14H25N5O. The number of nitrogens with zero attached hydrogens (tertiary/aromatic N) is 3. The highest BCUT2D eigenvalue weighted by atomic mass is 16.2. The van der Waals surface area contributed by atoms with Crippen LogP contribution in [0.4, 0.5) is 5.69 Å². The fraction of sp³-hybridized carbons (Fsp3) is 0.714. The van der Waals surface area contributed by atoms with Gasteiger partial charge in [-0.25, -0.2) is 5.01 Å². The Morgan fingerprint density at radius 1 is 1.40 bits per heavy atom. The first-order valence-electron chi connectivity index (χ1n) is 7.37. The minimum absolute atomic E-state index is 0.162. The maximum absolute atomic E-state index is 12.5. The van der Waals surface area contributed by atoms with E-state index in [2.05, 4.69) is 24.4 Å². The quantitative estimate of drug-likeness (QED) is 0.883. The summed E-state index contributed by atoms with van der Waals surface area (Å²) in [5.74, 6) is -0.162. The number of carbonyl (C=O) groups is 1. The fourth-order valence-corrected chi connectivity index (χ4v) is 2.88. The SMILES string of the molecule is CCn1nc(C)c(N)c1C(=O)NN1C(C)CCCC1C. The zero-order valence-electron chi connectivity index (χ0n) is 12.8. The summed E-state index contributed by atoms with van der Waals surface area (Å²) in [6.07, 6.45) is 3.42. The molecule has 1 aromatic rings. The lowest BCUT2D eigenvalue weighted by Gasteiger charge is -2.38. The van der Waals surface area contributed by atoms with Crippen molar-refractivity contribution in [3.63, 3.8) is 0 Å². The van der Waals surface area contributed by atoms with E-state index in [1.54, 1.807) is 4.68 Å². The first kappa shape index (κ1) is 14.8. The Kier molecular flexibility index (Phi) is 4.32. The van der Waals surface area contributed by atoms with Crippen LogP contribution in [0, 0.1) is 6.92 Å². The van der Waals surface area contributed by atoms with E-state index in [0.717, 1.165) is 12.8 Å². The molecule has 2 atom stereocenters. The molecule has 3 N–H and O–H groups in total. The second-order valence-electron chi connectivity index (χ2n) is 5.64. The van der Waals surface area contributed by atoms with Crippen LogP contribution in [0.5, 0.6) is 0 Å². The Morgan fingerprint density at radius 3 is 2.55 bits per heavy atom. The molecule has 0 aromatic carbocycles. The summed E-state index contributed by atoms with van der Waals surface area (Å²) in [7, 11) is 0. The fourth-order valence-electron chi connectivity index (χ4n) is 2.88. The molecule has 2 heterocycles. The predicted octanol–water partition coefficient (Wildman–Crippen LogP) is 1.70. The van der Waals surface area contributed by atoms with Crippen molar-refractivity contribution in [3.05, 3.63) is 11.4 Å². The van der Waals surface area contributed by atoms with Crippen molar-refractivity contribution in [2.24, 2.45) is 0 Å². The number of hydrogen-bond acceptors (Lipinski definition) is 4. The van der Waals surface area contributed by atoms with Crippen LogP contribution in [-0.4, -0.2) is 32.8 Å². The van der Waals surface area contributed by atoms with Crippen LogP contribution in [0.25, 0.3) is 0 Å². The van der Waals surface area contributed by atoms with Crippen molar-refractivity contribution in [2.45, 2.75) is 65.6 Å². The first-order chi connectivity index (χ1) is 9.45. The highest BCUT2D eigenvalue weighted by Crippen LogP contribution is 2.22. The summed E-state index contributed by atoms with van der Waals surface area (Å²) in [6.45, 7) is 8.69. The zero-order chi connectivity index (χ0) is 14.9. The average Bonchev–Trinajstić information content (AvgIpc) is 2.69. The number of carbonyl (C=O) groups excluding carboxylic acids is 1. The zero-order valence-corrected chi connectivity index (χ0v) is 12.8. The third kappa shape index (κ3) is 2.65. The molecule has 6 nitrogen and oxygen atoms in total. The number of hydrazine groups is 1. The van der Waals surface area contributed by atoms with Gasteiger partial charge < -0.3 is 5.73 Å². The smallest absolute Gasteiger partial charge is 0.286 e. The van der Waals surface area contributed by atoms with Crippen molar-refractivity contribution in [3.8, 4) is 0 Å². The number of piperidine rings is 1. The number of aromatic nitrogens is 2. The second kappa shape index (κ2) is 5.83. The van der Waals surface area contributed by atoms with E-state index in [4.69, 9.17) is 5.73 Å². The normalized spacial score (nSPS) is 23.8. The van der Waals surface area contributed by atoms with E-state index in [0.29, 0.717) is 35.7 Å². The second-order valence-corrected chi connectivity index (χ2v) is 5.64. The molecule has 20 heavy (non-hydrogen) atoms. The van der Waals surface area contributed by atoms with Crippen molar-refractivity contribution in [1.29, 1.82) is 0 Å². The monoisotopic (exact) mass is 279 g/mol. The lowest BCUT2D eigenvalue weighted by Crippen LogP contribution is -2.54. The standard InChI is InChI=1S/C14H25N5O/c1-5-18-13(12(15)11(4)16-18)14(20)17-19-9(2)7-6-8-10(19)3/h9-10H,5-8,15H2,1-4H3,(H,17,20). The molecule has 0 radical (unpaired) electrons. The van der Waals surface area contributed by atoms with Gasteiger partial charge in [0.1, 0.15) is 0 Å². The van der Waals surface area contributed by atoms with Gasteiger partial charge >= 0.3 is 0 Å². The molecule has 1 aliphatic rings. The topological polar surface area (TPSA) is 76.2 Å². The number of nitrogens with one attached hydrogen (secondary N) is 1. The molecule has 1 amide bonds. The lowest BCUT2D eigenvalue weighted by atomic mass is 10.00. The average molecular weight is 279 g/mol. The van der Waals surface area contributed by atoms with Crippen molar-refractivity contribution in [1.82, 2.24) is 20.2 Å². The van der Waals surface area contributed by atoms with Gasteiger partial charge in [-0.2, -0.15) is 5.10 Å². The minimum Gasteiger partial charge on any atom is -0.395 e. The molecule has 1 saturated heterocycles. The molecule has 0 saturated carbocycles. The Bertz CT molecular complexity index is 486. The molecule has 0 spiro atoms. The van der Waals surface area contributed by atoms with E-state index >= 15 is 0 Å². The molecular weight excluding hydrogens is 254 g/mol. The van der Waals surface area contributed by atoms with Gasteiger partial charge in [0.15, 0.2) is 5.69 Å². The predicted molar refractivity (Wildman–Crippen MR) is 79.1 cm³/mol. The maximum Gasteiger partial charge on any atom is 0.286 e. The molecule has 1 aromatic heterocycles. The summed E-state index contributed by atoms with van der Waals surface area (Å²) in [5.41, 5.74) is 10.7. The minimum atomic E-state index is -0.162. The van der Waals surface area contributed by atoms with Crippen LogP contribution < -0.4 is 11.2 Å². The maximum atomic E-state index is 12.5. The molecule has 0 bridgehead atoms. The van der Waals surface area contributed by atoms with Gasteiger partial charge in [0.05, 0.1) is 11.4 Å². The number of hydrogen-bond donors (Lipinski definition) is 2. The van der Waals surface area contributed by atoms with Crippen molar-refractivity contribution < 1.29 is 4.79 Å². The van der Waals surface area contributed by atoms with Crippen molar-refractivity contribution >= 4 is 11.6 Å². The number of nitrogens with two attached hydrogens (primary N) is 1. The van der Waals surface area contributed by atoms with Gasteiger partial charge in [-0.05, 0) is 40.5 Å². The summed E-state index contributed by atoms with van der Waals surface area (Å²) < 4.78 is 1.67. The van der Waals surface area contributed by atoms with E-state index in [-0.39, 0.29) is 5.91 Å². The Labute approximate surface area is 120 Å². The van der Waals surface area contributed by atoms with Crippen LogP contribution >= 0.6 is 0 Å². The highest BCUT2D eigenvalue weighted by Gasteiger charge is 2.28. The summed E-state index contributed by atoms with van der Waals surface area (Å²) >= 11 is 0.